The van der Waals surface area contributed by atoms with Crippen LogP contribution in [0.15, 0.2) is 131 Å². The molecule has 0 saturated heterocycles. The number of methoxy groups -OCH3 is 2. The first kappa shape index (κ1) is 31.9. The van der Waals surface area contributed by atoms with Gasteiger partial charge in [0.2, 0.25) is 0 Å². The van der Waals surface area contributed by atoms with E-state index >= 15 is 0 Å². The fourth-order valence-corrected chi connectivity index (χ4v) is 5.95. The number of aromatic amines is 2. The van der Waals surface area contributed by atoms with Crippen molar-refractivity contribution in [3.63, 3.8) is 0 Å². The van der Waals surface area contributed by atoms with Crippen LogP contribution in [0.1, 0.15) is 23.7 Å². The zero-order valence-corrected chi connectivity index (χ0v) is 26.6. The lowest BCUT2D eigenvalue weighted by atomic mass is 9.97. The lowest BCUT2D eigenvalue weighted by Gasteiger charge is -2.13. The largest absolute Gasteiger partial charge is 0.497 e. The summed E-state index contributed by atoms with van der Waals surface area (Å²) in [6.07, 6.45) is 16.9. The molecule has 4 N–H and O–H groups in total. The van der Waals surface area contributed by atoms with Crippen molar-refractivity contribution in [2.75, 3.05) is 24.9 Å². The number of hydrogen-bond donors (Lipinski definition) is 4. The third-order valence-corrected chi connectivity index (χ3v) is 9.03. The van der Waals surface area contributed by atoms with Crippen molar-refractivity contribution in [2.24, 2.45) is 0 Å². The van der Waals surface area contributed by atoms with Crippen molar-refractivity contribution in [2.45, 2.75) is 12.3 Å². The van der Waals surface area contributed by atoms with Crippen molar-refractivity contribution in [3.05, 3.63) is 142 Å². The van der Waals surface area contributed by atoms with Crippen molar-refractivity contribution < 1.29 is 19.1 Å². The Morgan fingerprint density at radius 3 is 1.98 bits per heavy atom. The summed E-state index contributed by atoms with van der Waals surface area (Å²) in [5, 5.41) is 19.7. The second-order valence-corrected chi connectivity index (χ2v) is 12.0. The molecule has 1 aliphatic carbocycles. The third kappa shape index (κ3) is 8.51. The standard InChI is InChI=1S/C33H33IN6O4/c1-20(7-9-22(3)32(41)35-30-17-28(37-39-30)24-11-13-25(43-5)14-12-24)21(2)8-10-23(4)33(42)36-31-18-29(38-40-31)27-16-15-26(44-6)19-34-27/h7-11,13-19,24H,1-4,12H2,5-6H3,(H2,35,37,39,41)(H2,36,38,40,42)/b9-7-,10-8-. The molecule has 4 rings (SSSR count). The van der Waals surface area contributed by atoms with Crippen molar-refractivity contribution in [1.82, 2.24) is 20.4 Å². The van der Waals surface area contributed by atoms with Gasteiger partial charge in [-0.25, -0.2) is 0 Å². The molecule has 2 aromatic rings. The lowest BCUT2D eigenvalue weighted by Crippen LogP contribution is -2.13. The van der Waals surface area contributed by atoms with Gasteiger partial charge in [0, 0.05) is 42.5 Å². The molecule has 1 atom stereocenters. The van der Waals surface area contributed by atoms with Crippen LogP contribution in [0.5, 0.6) is 0 Å². The molecule has 2 amide bonds. The molecule has 0 aromatic carbocycles. The van der Waals surface area contributed by atoms with Crippen LogP contribution in [0.3, 0.4) is 0 Å². The van der Waals surface area contributed by atoms with E-state index < -0.39 is 11.8 Å². The Labute approximate surface area is 265 Å². The van der Waals surface area contributed by atoms with Gasteiger partial charge in [-0.15, -0.1) is 0 Å². The Morgan fingerprint density at radius 2 is 1.43 bits per heavy atom. The molecule has 0 radical (unpaired) electrons. The molecule has 0 fully saturated rings. The molecule has 11 heteroatoms. The number of ether oxygens (including phenoxy) is 2. The van der Waals surface area contributed by atoms with E-state index in [-0.39, 0.29) is 37.8 Å². The highest BCUT2D eigenvalue weighted by Gasteiger charge is 2.16. The van der Waals surface area contributed by atoms with E-state index in [1.165, 1.54) is 12.2 Å². The van der Waals surface area contributed by atoms with Gasteiger partial charge in [-0.05, 0) is 54.0 Å². The third-order valence-electron chi connectivity index (χ3n) is 6.49. The highest BCUT2D eigenvalue weighted by atomic mass is 127. The Morgan fingerprint density at radius 1 is 0.841 bits per heavy atom. The normalized spacial score (nSPS) is 16.0. The number of nitrogens with one attached hydrogen (secondary N) is 4. The van der Waals surface area contributed by atoms with Crippen LogP contribution in [0.4, 0.5) is 11.6 Å². The maximum Gasteiger partial charge on any atom is 0.256 e. The van der Waals surface area contributed by atoms with Crippen LogP contribution >= 0.6 is 20.7 Å². The molecular weight excluding hydrogens is 671 g/mol. The van der Waals surface area contributed by atoms with E-state index in [9.17, 15) is 9.59 Å². The first-order chi connectivity index (χ1) is 21.2. The number of H-pyrrole nitrogens is 2. The average molecular weight is 705 g/mol. The number of amides is 2. The summed E-state index contributed by atoms with van der Waals surface area (Å²) >= 11 is -0.376. The Balaban J connectivity index is 1.23. The van der Waals surface area contributed by atoms with Crippen molar-refractivity contribution in [1.29, 1.82) is 0 Å². The molecule has 226 valence electrons. The van der Waals surface area contributed by atoms with Gasteiger partial charge in [0.15, 0.2) is 11.6 Å². The zero-order chi connectivity index (χ0) is 31.6. The summed E-state index contributed by atoms with van der Waals surface area (Å²) in [5.41, 5.74) is 3.19. The van der Waals surface area contributed by atoms with Crippen molar-refractivity contribution >= 4 is 47.7 Å². The number of carbonyl (C=O) groups is 2. The van der Waals surface area contributed by atoms with Gasteiger partial charge in [0.25, 0.3) is 11.8 Å². The quantitative estimate of drug-likeness (QED) is 0.112. The average Bonchev–Trinajstić information content (AvgIpc) is 3.72. The summed E-state index contributed by atoms with van der Waals surface area (Å²) in [4.78, 5) is 25.2. The van der Waals surface area contributed by atoms with Gasteiger partial charge < -0.3 is 20.1 Å². The van der Waals surface area contributed by atoms with E-state index in [1.807, 2.05) is 30.4 Å². The van der Waals surface area contributed by atoms with Gasteiger partial charge in [0.1, 0.15) is 11.5 Å². The lowest BCUT2D eigenvalue weighted by molar-refractivity contribution is -0.113. The van der Waals surface area contributed by atoms with Crippen LogP contribution in [-0.2, 0) is 19.1 Å². The molecule has 2 aromatic heterocycles. The highest BCUT2D eigenvalue weighted by molar-refractivity contribution is 14.2. The Bertz CT molecular complexity index is 1730. The van der Waals surface area contributed by atoms with Crippen molar-refractivity contribution in [3.8, 4) is 0 Å². The second-order valence-electron chi connectivity index (χ2n) is 9.57. The van der Waals surface area contributed by atoms with Gasteiger partial charge in [-0.2, -0.15) is 10.2 Å². The summed E-state index contributed by atoms with van der Waals surface area (Å²) in [7, 11) is 3.27. The smallest absolute Gasteiger partial charge is 0.256 e. The van der Waals surface area contributed by atoms with Crippen LogP contribution in [-0.4, -0.2) is 49.9 Å². The van der Waals surface area contributed by atoms with Gasteiger partial charge in [-0.1, -0.05) is 65.3 Å². The predicted molar refractivity (Wildman–Crippen MR) is 183 cm³/mol. The highest BCUT2D eigenvalue weighted by Crippen LogP contribution is 2.27. The van der Waals surface area contributed by atoms with Crippen LogP contribution < -0.4 is 10.6 Å². The zero-order valence-electron chi connectivity index (χ0n) is 24.4. The SMILES string of the molecule is C=C(/C=C\C(=C)C(=O)Nc1cc(C2=IC=C(OC)C=C2)[nH]n1)C(=C)/C=C\C(=C)C(=O)Nc1cc(C2C=CC(OC)=CC2)[nH]n1. The Kier molecular flexibility index (Phi) is 10.8. The fourth-order valence-electron chi connectivity index (χ4n) is 3.84. The number of anilines is 2. The predicted octanol–water partition coefficient (Wildman–Crippen LogP) is 6.17. The molecule has 1 unspecified atom stereocenters. The first-order valence-electron chi connectivity index (χ1n) is 13.4. The minimum absolute atomic E-state index is 0.116. The summed E-state index contributed by atoms with van der Waals surface area (Å²) in [6.45, 7) is 15.6. The Hall–Kier alpha value is -5.04. The van der Waals surface area contributed by atoms with Gasteiger partial charge >= 0.3 is 0 Å². The molecule has 0 saturated carbocycles. The van der Waals surface area contributed by atoms with E-state index in [1.54, 1.807) is 38.5 Å². The van der Waals surface area contributed by atoms with E-state index in [0.717, 1.165) is 32.8 Å². The van der Waals surface area contributed by atoms with Crippen LogP contribution in [0.25, 0.3) is 0 Å². The number of nitrogens with zero attached hydrogens (tertiary/aromatic N) is 2. The van der Waals surface area contributed by atoms with Crippen LogP contribution in [0.2, 0.25) is 0 Å². The molecule has 44 heavy (non-hydrogen) atoms. The number of allylic oxidation sites excluding steroid dienone is 9. The maximum absolute atomic E-state index is 12.6. The maximum atomic E-state index is 12.6. The molecular formula is C33H33IN6O4. The van der Waals surface area contributed by atoms with Gasteiger partial charge in [-0.3, -0.25) is 19.8 Å². The number of halogens is 1. The topological polar surface area (TPSA) is 134 Å². The molecule has 3 heterocycles. The number of rotatable bonds is 13. The fraction of sp³-hybridized carbons (Fsp3) is 0.121. The number of hydrogen-bond acceptors (Lipinski definition) is 6. The molecule has 2 aliphatic rings. The number of aromatic nitrogens is 4. The monoisotopic (exact) mass is 704 g/mol. The van der Waals surface area contributed by atoms with E-state index in [2.05, 4.69) is 61.4 Å². The summed E-state index contributed by atoms with van der Waals surface area (Å²) in [6, 6.07) is 3.57. The molecule has 0 spiro atoms. The molecule has 10 nitrogen and oxygen atoms in total. The minimum Gasteiger partial charge on any atom is -0.497 e. The van der Waals surface area contributed by atoms with Gasteiger partial charge in [0.05, 0.1) is 19.9 Å². The molecule has 0 bridgehead atoms. The minimum atomic E-state index is -0.407. The summed E-state index contributed by atoms with van der Waals surface area (Å²) in [5.74, 6) is 1.76. The first-order valence-corrected chi connectivity index (χ1v) is 15.7. The summed E-state index contributed by atoms with van der Waals surface area (Å²) < 4.78 is 13.7. The number of carbonyl (C=O) groups excluding carboxylic acids is 2. The van der Waals surface area contributed by atoms with E-state index in [0.29, 0.717) is 22.8 Å². The second kappa shape index (κ2) is 14.9. The van der Waals surface area contributed by atoms with Crippen LogP contribution in [0, 0.1) is 0 Å². The molecule has 1 aliphatic heterocycles. The van der Waals surface area contributed by atoms with E-state index in [4.69, 9.17) is 9.47 Å².